The molecule has 0 aliphatic heterocycles. The van der Waals surface area contributed by atoms with Crippen molar-refractivity contribution in [1.29, 1.82) is 0 Å². The summed E-state index contributed by atoms with van der Waals surface area (Å²) >= 11 is 1.48. The molecule has 0 radical (unpaired) electrons. The van der Waals surface area contributed by atoms with E-state index in [4.69, 9.17) is 5.11 Å². The van der Waals surface area contributed by atoms with E-state index < -0.39 is 0 Å². The molecule has 0 aliphatic rings. The molecule has 2 rings (SSSR count). The van der Waals surface area contributed by atoms with Gasteiger partial charge < -0.3 is 10.4 Å². The maximum absolute atomic E-state index is 12.8. The maximum Gasteiger partial charge on any atom is 0.183 e. The molecule has 1 heterocycles. The van der Waals surface area contributed by atoms with E-state index in [1.807, 2.05) is 12.3 Å². The molecule has 0 fully saturated rings. The minimum Gasteiger partial charge on any atom is -0.394 e. The third-order valence-corrected chi connectivity index (χ3v) is 3.46. The summed E-state index contributed by atoms with van der Waals surface area (Å²) in [5, 5.41) is 15.0. The highest BCUT2D eigenvalue weighted by Gasteiger charge is 2.08. The molecule has 0 saturated carbocycles. The Morgan fingerprint density at radius 1 is 1.39 bits per heavy atom. The van der Waals surface area contributed by atoms with Gasteiger partial charge in [-0.25, -0.2) is 9.37 Å². The number of anilines is 1. The maximum atomic E-state index is 12.8. The minimum atomic E-state index is -0.251. The summed E-state index contributed by atoms with van der Waals surface area (Å²) in [5.41, 5.74) is 1.70. The number of aliphatic hydroxyl groups is 1. The van der Waals surface area contributed by atoms with Crippen LogP contribution in [0.3, 0.4) is 0 Å². The lowest BCUT2D eigenvalue weighted by Gasteiger charge is -2.12. The highest BCUT2D eigenvalue weighted by atomic mass is 32.1. The molecule has 0 bridgehead atoms. The average Bonchev–Trinajstić information content (AvgIpc) is 2.85. The summed E-state index contributed by atoms with van der Waals surface area (Å²) in [6, 6.07) is 6.28. The fraction of sp³-hybridized carbons (Fsp3) is 0.308. The lowest BCUT2D eigenvalue weighted by molar-refractivity contribution is 0.272. The minimum absolute atomic E-state index is 0.0252. The van der Waals surface area contributed by atoms with Crippen molar-refractivity contribution in [1.82, 2.24) is 4.98 Å². The van der Waals surface area contributed by atoms with Gasteiger partial charge in [-0.1, -0.05) is 6.92 Å². The molecule has 0 aliphatic carbocycles. The molecule has 0 saturated heterocycles. The van der Waals surface area contributed by atoms with Gasteiger partial charge in [-0.05, 0) is 30.7 Å². The molecule has 2 aromatic rings. The van der Waals surface area contributed by atoms with E-state index in [0.29, 0.717) is 0 Å². The number of thiazole rings is 1. The molecule has 1 aromatic carbocycles. The van der Waals surface area contributed by atoms with Gasteiger partial charge >= 0.3 is 0 Å². The van der Waals surface area contributed by atoms with E-state index >= 15 is 0 Å². The molecule has 0 amide bonds. The summed E-state index contributed by atoms with van der Waals surface area (Å²) in [5.74, 6) is -0.251. The molecular weight excluding hydrogens is 251 g/mol. The SMILES string of the molecule is CC[C@H](CO)Nc1nc(-c2ccc(F)cc2)cs1. The third kappa shape index (κ3) is 3.05. The van der Waals surface area contributed by atoms with Crippen molar-refractivity contribution in [3.8, 4) is 11.3 Å². The van der Waals surface area contributed by atoms with Crippen LogP contribution in [0.2, 0.25) is 0 Å². The van der Waals surface area contributed by atoms with Gasteiger partial charge in [0.1, 0.15) is 5.82 Å². The summed E-state index contributed by atoms with van der Waals surface area (Å²) in [7, 11) is 0. The Morgan fingerprint density at radius 3 is 2.72 bits per heavy atom. The van der Waals surface area contributed by atoms with Crippen molar-refractivity contribution >= 4 is 16.5 Å². The Morgan fingerprint density at radius 2 is 2.11 bits per heavy atom. The van der Waals surface area contributed by atoms with Gasteiger partial charge in [0.05, 0.1) is 18.3 Å². The van der Waals surface area contributed by atoms with Crippen LogP contribution in [-0.4, -0.2) is 22.7 Å². The normalized spacial score (nSPS) is 12.4. The van der Waals surface area contributed by atoms with Crippen molar-refractivity contribution in [3.63, 3.8) is 0 Å². The highest BCUT2D eigenvalue weighted by Crippen LogP contribution is 2.25. The first-order valence-electron chi connectivity index (χ1n) is 5.81. The topological polar surface area (TPSA) is 45.1 Å². The fourth-order valence-electron chi connectivity index (χ4n) is 1.54. The average molecular weight is 266 g/mol. The smallest absolute Gasteiger partial charge is 0.183 e. The number of hydrogen-bond donors (Lipinski definition) is 2. The summed E-state index contributed by atoms with van der Waals surface area (Å²) < 4.78 is 12.8. The molecule has 1 atom stereocenters. The van der Waals surface area contributed by atoms with Crippen LogP contribution in [0, 0.1) is 5.82 Å². The molecule has 1 aromatic heterocycles. The quantitative estimate of drug-likeness (QED) is 0.874. The van der Waals surface area contributed by atoms with Crippen LogP contribution >= 0.6 is 11.3 Å². The Kier molecular flexibility index (Phi) is 4.28. The van der Waals surface area contributed by atoms with Crippen molar-refractivity contribution in [2.45, 2.75) is 19.4 Å². The van der Waals surface area contributed by atoms with Crippen LogP contribution in [0.25, 0.3) is 11.3 Å². The molecule has 2 N–H and O–H groups in total. The standard InChI is InChI=1S/C13H15FN2OS/c1-2-11(7-17)15-13-16-12(8-18-13)9-3-5-10(14)6-4-9/h3-6,8,11,17H,2,7H2,1H3,(H,15,16)/t11-/m1/s1. The number of aliphatic hydroxyl groups excluding tert-OH is 1. The second-order valence-corrected chi connectivity index (χ2v) is 4.83. The van der Waals surface area contributed by atoms with Gasteiger partial charge in [-0.2, -0.15) is 0 Å². The Hall–Kier alpha value is -1.46. The van der Waals surface area contributed by atoms with Gasteiger partial charge in [0.15, 0.2) is 5.13 Å². The zero-order valence-electron chi connectivity index (χ0n) is 10.1. The molecule has 0 unspecified atom stereocenters. The summed E-state index contributed by atoms with van der Waals surface area (Å²) in [4.78, 5) is 4.42. The number of halogens is 1. The number of rotatable bonds is 5. The Labute approximate surface area is 109 Å². The number of nitrogens with zero attached hydrogens (tertiary/aromatic N) is 1. The van der Waals surface area contributed by atoms with Crippen LogP contribution in [0.5, 0.6) is 0 Å². The second-order valence-electron chi connectivity index (χ2n) is 3.98. The highest BCUT2D eigenvalue weighted by molar-refractivity contribution is 7.14. The first-order chi connectivity index (χ1) is 8.72. The Bertz CT molecular complexity index is 494. The van der Waals surface area contributed by atoms with E-state index in [1.165, 1.54) is 23.5 Å². The van der Waals surface area contributed by atoms with Crippen LogP contribution in [-0.2, 0) is 0 Å². The van der Waals surface area contributed by atoms with E-state index in [-0.39, 0.29) is 18.5 Å². The number of benzene rings is 1. The zero-order chi connectivity index (χ0) is 13.0. The van der Waals surface area contributed by atoms with E-state index in [2.05, 4.69) is 10.3 Å². The number of aromatic nitrogens is 1. The summed E-state index contributed by atoms with van der Waals surface area (Å²) in [6.07, 6.45) is 0.835. The number of hydrogen-bond acceptors (Lipinski definition) is 4. The van der Waals surface area contributed by atoms with Crippen molar-refractivity contribution in [2.75, 3.05) is 11.9 Å². The molecule has 3 nitrogen and oxygen atoms in total. The molecule has 96 valence electrons. The molecule has 18 heavy (non-hydrogen) atoms. The molecule has 0 spiro atoms. The predicted molar refractivity (Wildman–Crippen MR) is 72.3 cm³/mol. The second kappa shape index (κ2) is 5.93. The monoisotopic (exact) mass is 266 g/mol. The van der Waals surface area contributed by atoms with Gasteiger partial charge in [0.25, 0.3) is 0 Å². The van der Waals surface area contributed by atoms with E-state index in [1.54, 1.807) is 12.1 Å². The predicted octanol–water partition coefficient (Wildman–Crippen LogP) is 3.13. The van der Waals surface area contributed by atoms with Crippen LogP contribution < -0.4 is 5.32 Å². The first-order valence-corrected chi connectivity index (χ1v) is 6.69. The van der Waals surface area contributed by atoms with Gasteiger partial charge in [0, 0.05) is 10.9 Å². The first kappa shape index (κ1) is 13.0. The van der Waals surface area contributed by atoms with Crippen LogP contribution in [0.1, 0.15) is 13.3 Å². The van der Waals surface area contributed by atoms with Gasteiger partial charge in [-0.3, -0.25) is 0 Å². The van der Waals surface area contributed by atoms with Gasteiger partial charge in [-0.15, -0.1) is 11.3 Å². The van der Waals surface area contributed by atoms with Crippen LogP contribution in [0.4, 0.5) is 9.52 Å². The zero-order valence-corrected chi connectivity index (χ0v) is 10.9. The molecular formula is C13H15FN2OS. The number of nitrogens with one attached hydrogen (secondary N) is 1. The van der Waals surface area contributed by atoms with E-state index in [9.17, 15) is 4.39 Å². The lowest BCUT2D eigenvalue weighted by Crippen LogP contribution is -2.22. The van der Waals surface area contributed by atoms with Gasteiger partial charge in [0.2, 0.25) is 0 Å². The third-order valence-electron chi connectivity index (χ3n) is 2.68. The largest absolute Gasteiger partial charge is 0.394 e. The van der Waals surface area contributed by atoms with E-state index in [0.717, 1.165) is 22.8 Å². The summed E-state index contributed by atoms with van der Waals surface area (Å²) in [6.45, 7) is 2.09. The molecule has 5 heteroatoms. The Balaban J connectivity index is 2.12. The van der Waals surface area contributed by atoms with Crippen molar-refractivity contribution in [3.05, 3.63) is 35.5 Å². The fourth-order valence-corrected chi connectivity index (χ4v) is 2.34. The lowest BCUT2D eigenvalue weighted by atomic mass is 10.2. The van der Waals surface area contributed by atoms with Crippen molar-refractivity contribution < 1.29 is 9.50 Å². The van der Waals surface area contributed by atoms with Crippen LogP contribution in [0.15, 0.2) is 29.6 Å². The van der Waals surface area contributed by atoms with Crippen molar-refractivity contribution in [2.24, 2.45) is 0 Å².